The van der Waals surface area contributed by atoms with Crippen LogP contribution in [0.4, 0.5) is 11.8 Å². The summed E-state index contributed by atoms with van der Waals surface area (Å²) in [6.07, 6.45) is 0.875. The van der Waals surface area contributed by atoms with Crippen molar-refractivity contribution in [2.24, 2.45) is 0 Å². The predicted octanol–water partition coefficient (Wildman–Crippen LogP) is 1.71. The smallest absolute Gasteiger partial charge is 0.222 e. The zero-order chi connectivity index (χ0) is 14.1. The Morgan fingerprint density at radius 2 is 2.05 bits per heavy atom. The van der Waals surface area contributed by atoms with Gasteiger partial charge in [0.2, 0.25) is 5.95 Å². The number of hydrogen-bond donors (Lipinski definition) is 2. The molecule has 1 aromatic heterocycles. The molecule has 6 heteroatoms. The fraction of sp³-hybridized carbons (Fsp3) is 0.286. The average molecular weight is 272 g/mol. The highest BCUT2D eigenvalue weighted by atomic mass is 16.5. The number of nitrogens with one attached hydrogen (secondary N) is 1. The summed E-state index contributed by atoms with van der Waals surface area (Å²) in [5.74, 6) is 2.51. The second kappa shape index (κ2) is 4.88. The number of nitrogen functional groups attached to an aromatic ring is 1. The van der Waals surface area contributed by atoms with Crippen LogP contribution in [0.1, 0.15) is 5.56 Å². The molecule has 0 unspecified atom stereocenters. The lowest BCUT2D eigenvalue weighted by atomic mass is 10.0. The first-order chi connectivity index (χ1) is 9.72. The minimum Gasteiger partial charge on any atom is -0.497 e. The molecule has 3 N–H and O–H groups in total. The molecule has 0 atom stereocenters. The summed E-state index contributed by atoms with van der Waals surface area (Å²) < 4.78 is 10.7. The molecule has 0 amide bonds. The van der Waals surface area contributed by atoms with Gasteiger partial charge in [-0.2, -0.15) is 4.98 Å². The van der Waals surface area contributed by atoms with Crippen LogP contribution in [0, 0.1) is 0 Å². The molecular weight excluding hydrogens is 256 g/mol. The highest BCUT2D eigenvalue weighted by Gasteiger charge is 2.21. The van der Waals surface area contributed by atoms with E-state index in [4.69, 9.17) is 15.2 Å². The van der Waals surface area contributed by atoms with Crippen LogP contribution >= 0.6 is 0 Å². The van der Waals surface area contributed by atoms with E-state index in [0.717, 1.165) is 41.4 Å². The molecule has 6 nitrogen and oxygen atoms in total. The van der Waals surface area contributed by atoms with Gasteiger partial charge in [0.15, 0.2) is 0 Å². The molecule has 0 saturated carbocycles. The van der Waals surface area contributed by atoms with Gasteiger partial charge in [-0.05, 0) is 18.6 Å². The number of nitrogens with two attached hydrogens (primary N) is 1. The summed E-state index contributed by atoms with van der Waals surface area (Å²) in [5.41, 5.74) is 8.57. The Balaban J connectivity index is 2.19. The normalized spacial score (nSPS) is 12.7. The number of methoxy groups -OCH3 is 2. The van der Waals surface area contributed by atoms with Gasteiger partial charge in [0, 0.05) is 23.7 Å². The summed E-state index contributed by atoms with van der Waals surface area (Å²) in [5, 5.41) is 3.21. The van der Waals surface area contributed by atoms with Gasteiger partial charge in [0.05, 0.1) is 19.9 Å². The summed E-state index contributed by atoms with van der Waals surface area (Å²) in [7, 11) is 3.25. The second-order valence-corrected chi connectivity index (χ2v) is 4.50. The van der Waals surface area contributed by atoms with E-state index >= 15 is 0 Å². The first-order valence-corrected chi connectivity index (χ1v) is 6.35. The standard InChI is InChI=1S/C14H16N4O2/c1-19-8-3-4-9(11(7-8)20-2)12-10-5-6-16-13(10)18-14(15)17-12/h3-4,7H,5-6H2,1-2H3,(H3,15,16,17,18). The van der Waals surface area contributed by atoms with Crippen molar-refractivity contribution in [3.05, 3.63) is 23.8 Å². The van der Waals surface area contributed by atoms with Crippen LogP contribution < -0.4 is 20.5 Å². The van der Waals surface area contributed by atoms with Crippen LogP contribution in [0.3, 0.4) is 0 Å². The number of aromatic nitrogens is 2. The number of rotatable bonds is 3. The Morgan fingerprint density at radius 1 is 1.20 bits per heavy atom. The van der Waals surface area contributed by atoms with Gasteiger partial charge in [-0.3, -0.25) is 0 Å². The Labute approximate surface area is 116 Å². The van der Waals surface area contributed by atoms with E-state index in [2.05, 4.69) is 15.3 Å². The van der Waals surface area contributed by atoms with Gasteiger partial charge >= 0.3 is 0 Å². The van der Waals surface area contributed by atoms with Crippen molar-refractivity contribution in [1.82, 2.24) is 9.97 Å². The number of nitrogens with zero attached hydrogens (tertiary/aromatic N) is 2. The van der Waals surface area contributed by atoms with Gasteiger partial charge in [-0.15, -0.1) is 0 Å². The van der Waals surface area contributed by atoms with E-state index in [1.165, 1.54) is 0 Å². The molecule has 104 valence electrons. The average Bonchev–Trinajstić information content (AvgIpc) is 2.93. The van der Waals surface area contributed by atoms with Gasteiger partial charge in [0.25, 0.3) is 0 Å². The third-order valence-electron chi connectivity index (χ3n) is 3.36. The molecular formula is C14H16N4O2. The first kappa shape index (κ1) is 12.5. The number of ether oxygens (including phenoxy) is 2. The van der Waals surface area contributed by atoms with Gasteiger partial charge in [-0.25, -0.2) is 4.98 Å². The van der Waals surface area contributed by atoms with Gasteiger partial charge < -0.3 is 20.5 Å². The van der Waals surface area contributed by atoms with Crippen LogP contribution in [0.5, 0.6) is 11.5 Å². The highest BCUT2D eigenvalue weighted by Crippen LogP contribution is 2.37. The van der Waals surface area contributed by atoms with E-state index < -0.39 is 0 Å². The monoisotopic (exact) mass is 272 g/mol. The molecule has 0 bridgehead atoms. The molecule has 1 aliphatic heterocycles. The number of benzene rings is 1. The van der Waals surface area contributed by atoms with Crippen LogP contribution in [0.15, 0.2) is 18.2 Å². The first-order valence-electron chi connectivity index (χ1n) is 6.35. The van der Waals surface area contributed by atoms with Crippen LogP contribution in [-0.2, 0) is 6.42 Å². The van der Waals surface area contributed by atoms with E-state index in [0.29, 0.717) is 5.75 Å². The molecule has 20 heavy (non-hydrogen) atoms. The molecule has 2 aromatic rings. The van der Waals surface area contributed by atoms with E-state index in [9.17, 15) is 0 Å². The Kier molecular flexibility index (Phi) is 3.06. The van der Waals surface area contributed by atoms with Crippen LogP contribution in [0.25, 0.3) is 11.3 Å². The fourth-order valence-corrected chi connectivity index (χ4v) is 2.41. The molecule has 1 aromatic carbocycles. The number of fused-ring (bicyclic) bond motifs is 1. The van der Waals surface area contributed by atoms with Crippen molar-refractivity contribution in [3.8, 4) is 22.8 Å². The van der Waals surface area contributed by atoms with Gasteiger partial charge in [0.1, 0.15) is 17.3 Å². The van der Waals surface area contributed by atoms with Crippen LogP contribution in [-0.4, -0.2) is 30.7 Å². The van der Waals surface area contributed by atoms with E-state index in [1.807, 2.05) is 18.2 Å². The number of hydrogen-bond acceptors (Lipinski definition) is 6. The maximum absolute atomic E-state index is 5.79. The predicted molar refractivity (Wildman–Crippen MR) is 77.2 cm³/mol. The molecule has 0 radical (unpaired) electrons. The minimum atomic E-state index is 0.256. The van der Waals surface area contributed by atoms with E-state index in [-0.39, 0.29) is 5.95 Å². The summed E-state index contributed by atoms with van der Waals surface area (Å²) >= 11 is 0. The molecule has 0 aliphatic carbocycles. The molecule has 0 saturated heterocycles. The minimum absolute atomic E-state index is 0.256. The summed E-state index contributed by atoms with van der Waals surface area (Å²) in [6.45, 7) is 0.846. The molecule has 2 heterocycles. The zero-order valence-electron chi connectivity index (χ0n) is 11.4. The summed E-state index contributed by atoms with van der Waals surface area (Å²) in [6, 6.07) is 5.64. The largest absolute Gasteiger partial charge is 0.497 e. The highest BCUT2D eigenvalue weighted by molar-refractivity contribution is 5.76. The zero-order valence-corrected chi connectivity index (χ0v) is 11.4. The van der Waals surface area contributed by atoms with Crippen molar-refractivity contribution in [2.45, 2.75) is 6.42 Å². The lowest BCUT2D eigenvalue weighted by Gasteiger charge is -2.12. The maximum atomic E-state index is 5.79. The Bertz CT molecular complexity index is 658. The Hall–Kier alpha value is -2.50. The van der Waals surface area contributed by atoms with E-state index in [1.54, 1.807) is 14.2 Å². The third-order valence-corrected chi connectivity index (χ3v) is 3.36. The lowest BCUT2D eigenvalue weighted by Crippen LogP contribution is -2.02. The lowest BCUT2D eigenvalue weighted by molar-refractivity contribution is 0.395. The SMILES string of the molecule is COc1ccc(-c2nc(N)nc3c2CCN3)c(OC)c1. The third kappa shape index (κ3) is 1.99. The fourth-order valence-electron chi connectivity index (χ4n) is 2.41. The number of anilines is 2. The van der Waals surface area contributed by atoms with Crippen molar-refractivity contribution in [2.75, 3.05) is 31.8 Å². The molecule has 0 fully saturated rings. The Morgan fingerprint density at radius 3 is 2.80 bits per heavy atom. The molecule has 3 rings (SSSR count). The van der Waals surface area contributed by atoms with Crippen molar-refractivity contribution in [3.63, 3.8) is 0 Å². The van der Waals surface area contributed by atoms with Crippen molar-refractivity contribution in [1.29, 1.82) is 0 Å². The maximum Gasteiger partial charge on any atom is 0.222 e. The van der Waals surface area contributed by atoms with Crippen molar-refractivity contribution >= 4 is 11.8 Å². The molecule has 0 spiro atoms. The summed E-state index contributed by atoms with van der Waals surface area (Å²) in [4.78, 5) is 8.60. The van der Waals surface area contributed by atoms with Crippen LogP contribution in [0.2, 0.25) is 0 Å². The topological polar surface area (TPSA) is 82.3 Å². The quantitative estimate of drug-likeness (QED) is 0.885. The molecule has 1 aliphatic rings. The van der Waals surface area contributed by atoms with Crippen molar-refractivity contribution < 1.29 is 9.47 Å². The second-order valence-electron chi connectivity index (χ2n) is 4.50. The van der Waals surface area contributed by atoms with Gasteiger partial charge in [-0.1, -0.05) is 0 Å².